The molecule has 0 fully saturated rings. The third-order valence-electron chi connectivity index (χ3n) is 4.12. The normalized spacial score (nSPS) is 11.2. The summed E-state index contributed by atoms with van der Waals surface area (Å²) in [6, 6.07) is 17.2. The first kappa shape index (κ1) is 20.6. The van der Waals surface area contributed by atoms with E-state index in [1.54, 1.807) is 79.3 Å². The molecule has 1 N–H and O–H groups in total. The van der Waals surface area contributed by atoms with Crippen LogP contribution in [-0.2, 0) is 9.53 Å². The molecule has 0 saturated heterocycles. The topological polar surface area (TPSA) is 106 Å². The first-order chi connectivity index (χ1) is 14.5. The highest BCUT2D eigenvalue weighted by atomic mass is 16.5. The average Bonchev–Trinajstić information content (AvgIpc) is 3.25. The predicted octanol–water partition coefficient (Wildman–Crippen LogP) is 3.33. The molecule has 1 aromatic heterocycles. The molecule has 0 aliphatic carbocycles. The quantitative estimate of drug-likeness (QED) is 0.606. The summed E-state index contributed by atoms with van der Waals surface area (Å²) < 4.78 is 12.1. The fourth-order valence-corrected chi connectivity index (χ4v) is 2.62. The Labute approximate surface area is 173 Å². The monoisotopic (exact) mass is 404 g/mol. The molecule has 1 atom stereocenters. The van der Waals surface area contributed by atoms with Gasteiger partial charge in [-0.2, -0.15) is 10.4 Å². The number of anilines is 1. The van der Waals surface area contributed by atoms with Crippen molar-refractivity contribution in [1.29, 1.82) is 5.26 Å². The Balaban J connectivity index is 1.61. The van der Waals surface area contributed by atoms with Crippen LogP contribution in [0.25, 0.3) is 5.69 Å². The molecule has 2 aromatic carbocycles. The molecule has 8 heteroatoms. The van der Waals surface area contributed by atoms with Crippen LogP contribution in [0.15, 0.2) is 60.8 Å². The second-order valence-corrected chi connectivity index (χ2v) is 6.30. The second-order valence-electron chi connectivity index (χ2n) is 6.30. The van der Waals surface area contributed by atoms with E-state index in [2.05, 4.69) is 10.4 Å². The Morgan fingerprint density at radius 3 is 2.67 bits per heavy atom. The van der Waals surface area contributed by atoms with Crippen molar-refractivity contribution in [3.63, 3.8) is 0 Å². The largest absolute Gasteiger partial charge is 0.481 e. The van der Waals surface area contributed by atoms with E-state index in [1.807, 2.05) is 6.07 Å². The Bertz CT molecular complexity index is 1080. The van der Waals surface area contributed by atoms with Gasteiger partial charge in [-0.05, 0) is 62.4 Å². The van der Waals surface area contributed by atoms with Gasteiger partial charge in [0.05, 0.1) is 23.9 Å². The lowest BCUT2D eigenvalue weighted by Gasteiger charge is -2.15. The van der Waals surface area contributed by atoms with Crippen LogP contribution in [0.5, 0.6) is 5.75 Å². The van der Waals surface area contributed by atoms with Crippen LogP contribution in [-0.4, -0.2) is 34.4 Å². The van der Waals surface area contributed by atoms with Crippen LogP contribution in [0.1, 0.15) is 29.9 Å². The van der Waals surface area contributed by atoms with Crippen molar-refractivity contribution >= 4 is 17.6 Å². The fraction of sp³-hybridized carbons (Fsp3) is 0.182. The molecule has 0 aliphatic heterocycles. The summed E-state index contributed by atoms with van der Waals surface area (Å²) >= 11 is 0. The van der Waals surface area contributed by atoms with E-state index in [0.29, 0.717) is 17.0 Å². The van der Waals surface area contributed by atoms with E-state index in [9.17, 15) is 9.59 Å². The van der Waals surface area contributed by atoms with Gasteiger partial charge in [0.1, 0.15) is 5.75 Å². The van der Waals surface area contributed by atoms with Gasteiger partial charge < -0.3 is 14.8 Å². The van der Waals surface area contributed by atoms with E-state index in [0.717, 1.165) is 5.69 Å². The number of benzene rings is 2. The van der Waals surface area contributed by atoms with Crippen molar-refractivity contribution < 1.29 is 19.1 Å². The summed E-state index contributed by atoms with van der Waals surface area (Å²) in [5.74, 6) is -0.355. The smallest absolute Gasteiger partial charge is 0.358 e. The molecule has 152 valence electrons. The van der Waals surface area contributed by atoms with Gasteiger partial charge in [-0.15, -0.1) is 0 Å². The fourth-order valence-electron chi connectivity index (χ4n) is 2.62. The number of aromatic nitrogens is 2. The molecule has 1 unspecified atom stereocenters. The zero-order valence-corrected chi connectivity index (χ0v) is 16.5. The van der Waals surface area contributed by atoms with Crippen molar-refractivity contribution in [2.24, 2.45) is 0 Å². The van der Waals surface area contributed by atoms with Crippen molar-refractivity contribution in [2.45, 2.75) is 20.0 Å². The predicted molar refractivity (Wildman–Crippen MR) is 109 cm³/mol. The molecule has 1 amide bonds. The number of carbonyl (C=O) groups is 2. The lowest BCUT2D eigenvalue weighted by molar-refractivity contribution is -0.122. The van der Waals surface area contributed by atoms with Gasteiger partial charge in [0, 0.05) is 11.9 Å². The van der Waals surface area contributed by atoms with Gasteiger partial charge in [0.2, 0.25) is 0 Å². The number of nitrogens with one attached hydrogen (secondary N) is 1. The maximum Gasteiger partial charge on any atom is 0.358 e. The molecule has 8 nitrogen and oxygen atoms in total. The summed E-state index contributed by atoms with van der Waals surface area (Å²) in [5.41, 5.74) is 1.99. The second kappa shape index (κ2) is 9.39. The zero-order chi connectivity index (χ0) is 21.5. The maximum atomic E-state index is 12.4. The Hall–Kier alpha value is -4.12. The number of hydrogen-bond donors (Lipinski definition) is 1. The van der Waals surface area contributed by atoms with Crippen LogP contribution in [0.2, 0.25) is 0 Å². The number of esters is 1. The Kier molecular flexibility index (Phi) is 6.45. The van der Waals surface area contributed by atoms with Crippen molar-refractivity contribution in [1.82, 2.24) is 9.78 Å². The lowest BCUT2D eigenvalue weighted by atomic mass is 10.2. The van der Waals surface area contributed by atoms with Crippen LogP contribution in [0.4, 0.5) is 5.69 Å². The number of nitriles is 1. The number of nitrogens with zero attached hydrogens (tertiary/aromatic N) is 3. The third-order valence-corrected chi connectivity index (χ3v) is 4.12. The highest BCUT2D eigenvalue weighted by Crippen LogP contribution is 2.17. The zero-order valence-electron chi connectivity index (χ0n) is 16.5. The van der Waals surface area contributed by atoms with Gasteiger partial charge in [0.25, 0.3) is 5.91 Å². The Morgan fingerprint density at radius 2 is 1.97 bits per heavy atom. The number of amides is 1. The van der Waals surface area contributed by atoms with Crippen molar-refractivity contribution in [2.75, 3.05) is 11.9 Å². The SMILES string of the molecule is CCOC(=O)c1ccn(-c2ccc(NC(=O)C(C)Oc3cccc(C#N)c3)cc2)n1. The van der Waals surface area contributed by atoms with Crippen LogP contribution < -0.4 is 10.1 Å². The molecule has 0 saturated carbocycles. The minimum absolute atomic E-state index is 0.223. The standard InChI is InChI=1S/C22H20N4O4/c1-3-29-22(28)20-11-12-26(25-20)18-9-7-17(8-10-18)24-21(27)15(2)30-19-6-4-5-16(13-19)14-23/h4-13,15H,3H2,1-2H3,(H,24,27). The van der Waals surface area contributed by atoms with E-state index < -0.39 is 12.1 Å². The summed E-state index contributed by atoms with van der Waals surface area (Å²) in [6.07, 6.45) is 0.905. The molecule has 3 rings (SSSR count). The third kappa shape index (κ3) is 5.02. The molecule has 0 bridgehead atoms. The summed E-state index contributed by atoms with van der Waals surface area (Å²) in [4.78, 5) is 24.1. The van der Waals surface area contributed by atoms with Gasteiger partial charge in [0.15, 0.2) is 11.8 Å². The van der Waals surface area contributed by atoms with Crippen molar-refractivity contribution in [3.05, 3.63) is 72.1 Å². The summed E-state index contributed by atoms with van der Waals surface area (Å²) in [6.45, 7) is 3.65. The molecular weight excluding hydrogens is 384 g/mol. The molecular formula is C22H20N4O4. The van der Waals surface area contributed by atoms with E-state index in [4.69, 9.17) is 14.7 Å². The van der Waals surface area contributed by atoms with Crippen LogP contribution in [0.3, 0.4) is 0 Å². The van der Waals surface area contributed by atoms with Gasteiger partial charge >= 0.3 is 5.97 Å². The molecule has 30 heavy (non-hydrogen) atoms. The van der Waals surface area contributed by atoms with Gasteiger partial charge in [-0.25, -0.2) is 9.48 Å². The molecule has 0 aliphatic rings. The minimum Gasteiger partial charge on any atom is -0.481 e. The lowest BCUT2D eigenvalue weighted by Crippen LogP contribution is -2.30. The Morgan fingerprint density at radius 1 is 1.20 bits per heavy atom. The number of carbonyl (C=O) groups excluding carboxylic acids is 2. The number of rotatable bonds is 7. The van der Waals surface area contributed by atoms with Gasteiger partial charge in [-0.1, -0.05) is 6.07 Å². The number of ether oxygens (including phenoxy) is 2. The first-order valence-corrected chi connectivity index (χ1v) is 9.31. The van der Waals surface area contributed by atoms with Crippen molar-refractivity contribution in [3.8, 4) is 17.5 Å². The maximum absolute atomic E-state index is 12.4. The molecule has 3 aromatic rings. The average molecular weight is 404 g/mol. The van der Waals surface area contributed by atoms with Gasteiger partial charge in [-0.3, -0.25) is 4.79 Å². The van der Waals surface area contributed by atoms with E-state index in [-0.39, 0.29) is 18.2 Å². The minimum atomic E-state index is -0.753. The first-order valence-electron chi connectivity index (χ1n) is 9.31. The summed E-state index contributed by atoms with van der Waals surface area (Å²) in [7, 11) is 0. The molecule has 1 heterocycles. The highest BCUT2D eigenvalue weighted by molar-refractivity contribution is 5.94. The van der Waals surface area contributed by atoms with E-state index >= 15 is 0 Å². The van der Waals surface area contributed by atoms with Crippen LogP contribution >= 0.6 is 0 Å². The van der Waals surface area contributed by atoms with Crippen LogP contribution in [0, 0.1) is 11.3 Å². The summed E-state index contributed by atoms with van der Waals surface area (Å²) in [5, 5.41) is 15.9. The highest BCUT2D eigenvalue weighted by Gasteiger charge is 2.15. The molecule has 0 radical (unpaired) electrons. The van der Waals surface area contributed by atoms with E-state index in [1.165, 1.54) is 0 Å². The molecule has 0 spiro atoms. The number of hydrogen-bond acceptors (Lipinski definition) is 6.